The van der Waals surface area contributed by atoms with E-state index >= 15 is 0 Å². The Kier molecular flexibility index (Phi) is 3.12. The third-order valence-electron chi connectivity index (χ3n) is 2.87. The minimum atomic E-state index is -1.01. The maximum atomic E-state index is 13.6. The minimum Gasteiger partial charge on any atom is -0.480 e. The van der Waals surface area contributed by atoms with E-state index in [-0.39, 0.29) is 0 Å². The van der Waals surface area contributed by atoms with Crippen LogP contribution in [-0.2, 0) is 4.79 Å². The zero-order valence-corrected chi connectivity index (χ0v) is 10.5. The molecule has 1 N–H and O–H groups in total. The molecule has 5 heteroatoms. The lowest BCUT2D eigenvalue weighted by atomic mass is 9.82. The van der Waals surface area contributed by atoms with Gasteiger partial charge in [0, 0.05) is 16.7 Å². The van der Waals surface area contributed by atoms with Crippen LogP contribution in [0.4, 0.5) is 4.39 Å². The number of carbonyl (C=O) groups is 1. The molecule has 2 unspecified atom stereocenters. The maximum Gasteiger partial charge on any atom is 0.329 e. The van der Waals surface area contributed by atoms with Crippen LogP contribution in [0.15, 0.2) is 28.8 Å². The Morgan fingerprint density at radius 1 is 1.65 bits per heavy atom. The van der Waals surface area contributed by atoms with Gasteiger partial charge >= 0.3 is 5.97 Å². The molecule has 92 valence electrons. The van der Waals surface area contributed by atoms with E-state index in [4.69, 9.17) is 5.11 Å². The van der Waals surface area contributed by atoms with E-state index in [1.54, 1.807) is 6.08 Å². The topological polar surface area (TPSA) is 49.7 Å². The predicted octanol–water partition coefficient (Wildman–Crippen LogP) is 2.45. The van der Waals surface area contributed by atoms with Crippen molar-refractivity contribution in [3.63, 3.8) is 0 Å². The number of nitrogens with zero attached hydrogens (tertiary/aromatic N) is 1. The zero-order valence-electron chi connectivity index (χ0n) is 9.68. The van der Waals surface area contributed by atoms with Crippen LogP contribution in [0.3, 0.4) is 0 Å². The molecule has 1 aliphatic heterocycles. The number of carboxylic acid groups (broad SMARTS) is 1. The summed E-state index contributed by atoms with van der Waals surface area (Å²) in [4.78, 5) is 14.9. The van der Waals surface area contributed by atoms with Crippen molar-refractivity contribution in [3.8, 4) is 0 Å². The average molecular weight is 255 g/mol. The van der Waals surface area contributed by atoms with E-state index in [1.165, 1.54) is 17.8 Å². The molecule has 2 atom stereocenters. The molecule has 1 aliphatic carbocycles. The molecular formula is C12H14FNO2S. The number of aliphatic carboxylic acids is 1. The summed E-state index contributed by atoms with van der Waals surface area (Å²) >= 11 is 1.41. The third-order valence-corrected chi connectivity index (χ3v) is 3.96. The number of carboxylic acids is 1. The van der Waals surface area contributed by atoms with Crippen LogP contribution >= 0.6 is 11.8 Å². The fourth-order valence-corrected chi connectivity index (χ4v) is 2.78. The summed E-state index contributed by atoms with van der Waals surface area (Å²) in [5, 5.41) is 9.56. The van der Waals surface area contributed by atoms with Gasteiger partial charge in [0.25, 0.3) is 0 Å². The third kappa shape index (κ3) is 2.44. The second-order valence-electron chi connectivity index (χ2n) is 4.78. The molecule has 0 spiro atoms. The van der Waals surface area contributed by atoms with Crippen molar-refractivity contribution in [1.29, 1.82) is 0 Å². The van der Waals surface area contributed by atoms with Crippen LogP contribution in [0.1, 0.15) is 13.8 Å². The highest BCUT2D eigenvalue weighted by Crippen LogP contribution is 2.35. The van der Waals surface area contributed by atoms with Gasteiger partial charge in [-0.2, -0.15) is 0 Å². The summed E-state index contributed by atoms with van der Waals surface area (Å²) in [7, 11) is 0. The lowest BCUT2D eigenvalue weighted by Gasteiger charge is -2.27. The van der Waals surface area contributed by atoms with Crippen LogP contribution in [0.5, 0.6) is 0 Å². The van der Waals surface area contributed by atoms with Crippen molar-refractivity contribution >= 4 is 22.8 Å². The molecule has 0 radical (unpaired) electrons. The molecule has 0 aromatic heterocycles. The van der Waals surface area contributed by atoms with Gasteiger partial charge in [-0.15, -0.1) is 11.8 Å². The van der Waals surface area contributed by atoms with E-state index in [9.17, 15) is 9.18 Å². The first-order chi connectivity index (χ1) is 7.90. The SMILES string of the molecule is CC1(C)C=C(C2=NC(C(=O)O)CS2)C=CC1F. The zero-order chi connectivity index (χ0) is 12.6. The van der Waals surface area contributed by atoms with Crippen molar-refractivity contribution in [2.45, 2.75) is 26.1 Å². The van der Waals surface area contributed by atoms with Crippen LogP contribution in [0.25, 0.3) is 0 Å². The van der Waals surface area contributed by atoms with Crippen molar-refractivity contribution < 1.29 is 14.3 Å². The first kappa shape index (κ1) is 12.4. The molecule has 2 aliphatic rings. The van der Waals surface area contributed by atoms with E-state index < -0.39 is 23.6 Å². The Morgan fingerprint density at radius 2 is 2.35 bits per heavy atom. The number of halogens is 1. The van der Waals surface area contributed by atoms with Gasteiger partial charge in [-0.3, -0.25) is 4.99 Å². The Bertz CT molecular complexity index is 440. The first-order valence-corrected chi connectivity index (χ1v) is 6.37. The van der Waals surface area contributed by atoms with Crippen molar-refractivity contribution in [2.24, 2.45) is 10.4 Å². The quantitative estimate of drug-likeness (QED) is 0.824. The molecule has 0 aromatic carbocycles. The number of alkyl halides is 1. The summed E-state index contributed by atoms with van der Waals surface area (Å²) in [6, 6.07) is -0.671. The number of hydrogen-bond donors (Lipinski definition) is 1. The van der Waals surface area contributed by atoms with E-state index in [0.29, 0.717) is 10.8 Å². The summed E-state index contributed by atoms with van der Waals surface area (Å²) in [6.45, 7) is 3.63. The summed E-state index contributed by atoms with van der Waals surface area (Å²) < 4.78 is 13.6. The van der Waals surface area contributed by atoms with Gasteiger partial charge in [-0.25, -0.2) is 9.18 Å². The van der Waals surface area contributed by atoms with Crippen LogP contribution in [-0.4, -0.2) is 34.1 Å². The molecule has 0 bridgehead atoms. The van der Waals surface area contributed by atoms with Gasteiger partial charge < -0.3 is 5.11 Å². The standard InChI is InChI=1S/C12H14FNO2S/c1-12(2)5-7(3-4-9(12)13)10-14-8(6-17-10)11(15)16/h3-5,8-9H,6H2,1-2H3,(H,15,16). The van der Waals surface area contributed by atoms with Crippen LogP contribution in [0, 0.1) is 5.41 Å². The summed E-state index contributed by atoms with van der Waals surface area (Å²) in [6.07, 6.45) is 4.01. The Morgan fingerprint density at radius 3 is 2.88 bits per heavy atom. The lowest BCUT2D eigenvalue weighted by molar-refractivity contribution is -0.137. The van der Waals surface area contributed by atoms with Crippen molar-refractivity contribution in [1.82, 2.24) is 0 Å². The summed E-state index contributed by atoms with van der Waals surface area (Å²) in [5.74, 6) is -0.453. The summed E-state index contributed by atoms with van der Waals surface area (Å²) in [5.41, 5.74) is 0.270. The smallest absolute Gasteiger partial charge is 0.329 e. The van der Waals surface area contributed by atoms with Gasteiger partial charge in [0.05, 0.1) is 5.04 Å². The average Bonchev–Trinajstić information content (AvgIpc) is 2.71. The van der Waals surface area contributed by atoms with Gasteiger partial charge in [-0.1, -0.05) is 26.0 Å². The fraction of sp³-hybridized carbons (Fsp3) is 0.500. The highest BCUT2D eigenvalue weighted by atomic mass is 32.2. The number of aliphatic imine (C=N–C) groups is 1. The van der Waals surface area contributed by atoms with Gasteiger partial charge in [-0.05, 0) is 6.08 Å². The Labute approximate surface area is 104 Å². The maximum absolute atomic E-state index is 13.6. The van der Waals surface area contributed by atoms with Crippen LogP contribution < -0.4 is 0 Å². The van der Waals surface area contributed by atoms with E-state index in [0.717, 1.165) is 5.57 Å². The highest BCUT2D eigenvalue weighted by molar-refractivity contribution is 8.14. The number of thioether (sulfide) groups is 1. The Balaban J connectivity index is 2.23. The Hall–Kier alpha value is -1.10. The molecule has 1 heterocycles. The lowest BCUT2D eigenvalue weighted by Crippen LogP contribution is -2.25. The molecule has 0 amide bonds. The second kappa shape index (κ2) is 4.29. The first-order valence-electron chi connectivity index (χ1n) is 5.39. The fourth-order valence-electron chi connectivity index (χ4n) is 1.76. The molecule has 3 nitrogen and oxygen atoms in total. The molecule has 17 heavy (non-hydrogen) atoms. The minimum absolute atomic E-state index is 0.454. The molecule has 0 saturated carbocycles. The van der Waals surface area contributed by atoms with Crippen molar-refractivity contribution in [3.05, 3.63) is 23.8 Å². The number of hydrogen-bond acceptors (Lipinski definition) is 3. The number of rotatable bonds is 2. The monoisotopic (exact) mass is 255 g/mol. The normalized spacial score (nSPS) is 31.0. The van der Waals surface area contributed by atoms with Crippen molar-refractivity contribution in [2.75, 3.05) is 5.75 Å². The number of allylic oxidation sites excluding steroid dienone is 3. The predicted molar refractivity (Wildman–Crippen MR) is 67.2 cm³/mol. The van der Waals surface area contributed by atoms with Gasteiger partial charge in [0.15, 0.2) is 6.04 Å². The van der Waals surface area contributed by atoms with Gasteiger partial charge in [0.1, 0.15) is 6.17 Å². The second-order valence-corrected chi connectivity index (χ2v) is 5.79. The molecule has 0 fully saturated rings. The molecular weight excluding hydrogens is 241 g/mol. The largest absolute Gasteiger partial charge is 0.480 e. The molecule has 0 saturated heterocycles. The molecule has 0 aromatic rings. The van der Waals surface area contributed by atoms with Gasteiger partial charge in [0.2, 0.25) is 0 Å². The molecule has 2 rings (SSSR count). The van der Waals surface area contributed by atoms with Crippen LogP contribution in [0.2, 0.25) is 0 Å². The van der Waals surface area contributed by atoms with E-state index in [2.05, 4.69) is 4.99 Å². The van der Waals surface area contributed by atoms with E-state index in [1.807, 2.05) is 19.9 Å². The highest BCUT2D eigenvalue weighted by Gasteiger charge is 2.32.